The van der Waals surface area contributed by atoms with Gasteiger partial charge in [0.25, 0.3) is 0 Å². The molecule has 0 bridgehead atoms. The Kier molecular flexibility index (Phi) is 8.39. The molecule has 2 aliphatic rings. The highest BCUT2D eigenvalue weighted by molar-refractivity contribution is 5.85. The predicted octanol–water partition coefficient (Wildman–Crippen LogP) is 3.82. The summed E-state index contributed by atoms with van der Waals surface area (Å²) < 4.78 is 0. The number of aliphatic hydroxyl groups is 1. The summed E-state index contributed by atoms with van der Waals surface area (Å²) >= 11 is 0. The van der Waals surface area contributed by atoms with Gasteiger partial charge in [0.2, 0.25) is 5.91 Å². The molecule has 5 heteroatoms. The van der Waals surface area contributed by atoms with Gasteiger partial charge in [-0.1, -0.05) is 56.0 Å². The molecule has 4 nitrogen and oxygen atoms in total. The molecule has 1 saturated heterocycles. The average molecular weight is 381 g/mol. The Labute approximate surface area is 163 Å². The number of hydrogen-bond acceptors (Lipinski definition) is 3. The van der Waals surface area contributed by atoms with Gasteiger partial charge >= 0.3 is 0 Å². The number of aliphatic hydroxyl groups excluding tert-OH is 1. The van der Waals surface area contributed by atoms with Gasteiger partial charge in [-0.15, -0.1) is 12.4 Å². The quantitative estimate of drug-likeness (QED) is 0.834. The van der Waals surface area contributed by atoms with Crippen molar-refractivity contribution in [1.82, 2.24) is 4.90 Å². The molecule has 1 saturated carbocycles. The highest BCUT2D eigenvalue weighted by Crippen LogP contribution is 2.31. The Hall–Kier alpha value is -1.10. The van der Waals surface area contributed by atoms with Crippen molar-refractivity contribution in [3.63, 3.8) is 0 Å². The van der Waals surface area contributed by atoms with Gasteiger partial charge in [-0.25, -0.2) is 0 Å². The second-order valence-corrected chi connectivity index (χ2v) is 7.75. The molecular formula is C21H33ClN2O2. The standard InChI is InChI=1S/C21H32N2O2.ClH/c22-19-13-7-2-1-6-12-18(19)21(25)23-14-8-11-17(23)15-20(24)16-9-4-3-5-10-16;/h3-5,9-10,17-20,24H,1-2,6-8,11-15,22H2;1H. The third-order valence-corrected chi connectivity index (χ3v) is 5.98. The topological polar surface area (TPSA) is 66.6 Å². The molecule has 4 unspecified atom stereocenters. The summed E-state index contributed by atoms with van der Waals surface area (Å²) in [5.74, 6) is 0.201. The molecule has 0 radical (unpaired) electrons. The fourth-order valence-corrected chi connectivity index (χ4v) is 4.47. The number of hydrogen-bond donors (Lipinski definition) is 2. The van der Waals surface area contributed by atoms with Crippen molar-refractivity contribution >= 4 is 18.3 Å². The molecule has 3 N–H and O–H groups in total. The van der Waals surface area contributed by atoms with E-state index < -0.39 is 6.10 Å². The molecule has 1 heterocycles. The van der Waals surface area contributed by atoms with E-state index in [1.54, 1.807) is 0 Å². The van der Waals surface area contributed by atoms with Crippen LogP contribution in [0, 0.1) is 5.92 Å². The van der Waals surface area contributed by atoms with Crippen LogP contribution < -0.4 is 5.73 Å². The first kappa shape index (κ1) is 21.2. The molecular weight excluding hydrogens is 348 g/mol. The molecule has 1 aliphatic carbocycles. The number of carbonyl (C=O) groups is 1. The Morgan fingerprint density at radius 2 is 1.77 bits per heavy atom. The fraction of sp³-hybridized carbons (Fsp3) is 0.667. The number of benzene rings is 1. The largest absolute Gasteiger partial charge is 0.388 e. The number of rotatable bonds is 4. The summed E-state index contributed by atoms with van der Waals surface area (Å²) in [6.45, 7) is 0.814. The van der Waals surface area contributed by atoms with E-state index in [1.165, 1.54) is 12.8 Å². The molecule has 0 aromatic heterocycles. The Morgan fingerprint density at radius 1 is 1.08 bits per heavy atom. The lowest BCUT2D eigenvalue weighted by Crippen LogP contribution is -2.46. The van der Waals surface area contributed by atoms with Crippen LogP contribution in [0.2, 0.25) is 0 Å². The second kappa shape index (κ2) is 10.3. The first-order valence-electron chi connectivity index (χ1n) is 9.96. The zero-order valence-corrected chi connectivity index (χ0v) is 16.4. The van der Waals surface area contributed by atoms with Crippen LogP contribution in [0.25, 0.3) is 0 Å². The smallest absolute Gasteiger partial charge is 0.227 e. The van der Waals surface area contributed by atoms with Crippen LogP contribution in [-0.4, -0.2) is 34.5 Å². The second-order valence-electron chi connectivity index (χ2n) is 7.75. The van der Waals surface area contributed by atoms with Crippen LogP contribution in [0.5, 0.6) is 0 Å². The number of carbonyl (C=O) groups excluding carboxylic acids is 1. The molecule has 1 aliphatic heterocycles. The number of likely N-dealkylation sites (tertiary alicyclic amines) is 1. The maximum Gasteiger partial charge on any atom is 0.227 e. The average Bonchev–Trinajstić information content (AvgIpc) is 3.07. The molecule has 0 spiro atoms. The van der Waals surface area contributed by atoms with E-state index >= 15 is 0 Å². The summed E-state index contributed by atoms with van der Waals surface area (Å²) in [4.78, 5) is 15.2. The number of nitrogens with zero attached hydrogens (tertiary/aromatic N) is 1. The van der Waals surface area contributed by atoms with Gasteiger partial charge in [0.1, 0.15) is 0 Å². The summed E-state index contributed by atoms with van der Waals surface area (Å²) in [5.41, 5.74) is 7.29. The normalized spacial score (nSPS) is 27.9. The molecule has 4 atom stereocenters. The van der Waals surface area contributed by atoms with E-state index in [0.717, 1.165) is 50.6 Å². The third kappa shape index (κ3) is 5.21. The lowest BCUT2D eigenvalue weighted by molar-refractivity contribution is -0.138. The molecule has 1 aromatic carbocycles. The first-order chi connectivity index (χ1) is 12.2. The molecule has 3 rings (SSSR count). The van der Waals surface area contributed by atoms with Crippen molar-refractivity contribution in [2.24, 2.45) is 11.7 Å². The monoisotopic (exact) mass is 380 g/mol. The van der Waals surface area contributed by atoms with Crippen LogP contribution in [0.4, 0.5) is 0 Å². The van der Waals surface area contributed by atoms with E-state index in [0.29, 0.717) is 6.42 Å². The minimum atomic E-state index is -0.509. The summed E-state index contributed by atoms with van der Waals surface area (Å²) in [5, 5.41) is 10.6. The van der Waals surface area contributed by atoms with E-state index in [4.69, 9.17) is 5.73 Å². The van der Waals surface area contributed by atoms with Crippen molar-refractivity contribution in [2.45, 2.75) is 76.0 Å². The van der Waals surface area contributed by atoms with Crippen molar-refractivity contribution in [1.29, 1.82) is 0 Å². The molecule has 2 fully saturated rings. The van der Waals surface area contributed by atoms with Gasteiger partial charge in [0.15, 0.2) is 0 Å². The van der Waals surface area contributed by atoms with Crippen molar-refractivity contribution in [3.05, 3.63) is 35.9 Å². The van der Waals surface area contributed by atoms with Crippen molar-refractivity contribution in [3.8, 4) is 0 Å². The molecule has 146 valence electrons. The Balaban J connectivity index is 0.00000243. The number of nitrogens with two attached hydrogens (primary N) is 1. The van der Waals surface area contributed by atoms with Crippen LogP contribution in [0.3, 0.4) is 0 Å². The van der Waals surface area contributed by atoms with Crippen molar-refractivity contribution in [2.75, 3.05) is 6.54 Å². The molecule has 26 heavy (non-hydrogen) atoms. The van der Waals surface area contributed by atoms with E-state index in [1.807, 2.05) is 35.2 Å². The number of amides is 1. The van der Waals surface area contributed by atoms with Gasteiger partial charge < -0.3 is 15.7 Å². The minimum Gasteiger partial charge on any atom is -0.388 e. The highest BCUT2D eigenvalue weighted by Gasteiger charge is 2.36. The lowest BCUT2D eigenvalue weighted by Gasteiger charge is -2.33. The van der Waals surface area contributed by atoms with Crippen LogP contribution >= 0.6 is 12.4 Å². The van der Waals surface area contributed by atoms with Gasteiger partial charge in [-0.2, -0.15) is 0 Å². The lowest BCUT2D eigenvalue weighted by atomic mass is 9.86. The minimum absolute atomic E-state index is 0. The molecule has 1 amide bonds. The van der Waals surface area contributed by atoms with Gasteiger partial charge in [-0.05, 0) is 37.7 Å². The summed E-state index contributed by atoms with van der Waals surface area (Å²) in [7, 11) is 0. The SMILES string of the molecule is Cl.NC1CCCCCCC1C(=O)N1CCCC1CC(O)c1ccccc1. The Bertz CT molecular complexity index is 554. The molecule has 1 aromatic rings. The van der Waals surface area contributed by atoms with Gasteiger partial charge in [-0.3, -0.25) is 4.79 Å². The maximum absolute atomic E-state index is 13.2. The zero-order chi connectivity index (χ0) is 17.6. The first-order valence-corrected chi connectivity index (χ1v) is 9.96. The summed E-state index contributed by atoms with van der Waals surface area (Å²) in [6.07, 6.45) is 8.71. The van der Waals surface area contributed by atoms with Gasteiger partial charge in [0, 0.05) is 18.6 Å². The van der Waals surface area contributed by atoms with Crippen molar-refractivity contribution < 1.29 is 9.90 Å². The van der Waals surface area contributed by atoms with E-state index in [2.05, 4.69) is 0 Å². The van der Waals surface area contributed by atoms with Crippen LogP contribution in [-0.2, 0) is 4.79 Å². The maximum atomic E-state index is 13.2. The number of halogens is 1. The highest BCUT2D eigenvalue weighted by atomic mass is 35.5. The van der Waals surface area contributed by atoms with Crippen LogP contribution in [0.15, 0.2) is 30.3 Å². The fourth-order valence-electron chi connectivity index (χ4n) is 4.47. The van der Waals surface area contributed by atoms with Crippen LogP contribution in [0.1, 0.15) is 69.5 Å². The third-order valence-electron chi connectivity index (χ3n) is 5.98. The van der Waals surface area contributed by atoms with E-state index in [9.17, 15) is 9.90 Å². The zero-order valence-electron chi connectivity index (χ0n) is 15.6. The Morgan fingerprint density at radius 3 is 2.50 bits per heavy atom. The van der Waals surface area contributed by atoms with E-state index in [-0.39, 0.29) is 36.3 Å². The predicted molar refractivity (Wildman–Crippen MR) is 107 cm³/mol. The summed E-state index contributed by atoms with van der Waals surface area (Å²) in [6, 6.07) is 9.89. The van der Waals surface area contributed by atoms with Gasteiger partial charge in [0.05, 0.1) is 12.0 Å².